The van der Waals surface area contributed by atoms with Gasteiger partial charge in [0.1, 0.15) is 0 Å². The number of rotatable bonds is 5. The van der Waals surface area contributed by atoms with Crippen LogP contribution in [-0.4, -0.2) is 31.0 Å². The minimum absolute atomic E-state index is 0.197. The van der Waals surface area contributed by atoms with Gasteiger partial charge in [0.2, 0.25) is 0 Å². The summed E-state index contributed by atoms with van der Waals surface area (Å²) in [4.78, 5) is 1.60. The van der Waals surface area contributed by atoms with Crippen molar-refractivity contribution in [3.8, 4) is 0 Å². The summed E-state index contributed by atoms with van der Waals surface area (Å²) < 4.78 is 25.8. The van der Waals surface area contributed by atoms with Crippen molar-refractivity contribution in [2.45, 2.75) is 25.4 Å². The Balaban J connectivity index is 2.89. The Morgan fingerprint density at radius 1 is 1.29 bits per heavy atom. The van der Waals surface area contributed by atoms with Crippen LogP contribution in [0.4, 0.5) is 8.78 Å². The summed E-state index contributed by atoms with van der Waals surface area (Å²) in [6.45, 7) is 1.55. The number of nitrogens with zero attached hydrogens (tertiary/aromatic N) is 1. The highest BCUT2D eigenvalue weighted by molar-refractivity contribution is 9.10. The lowest BCUT2D eigenvalue weighted by Crippen LogP contribution is -2.39. The van der Waals surface area contributed by atoms with Crippen molar-refractivity contribution in [3.05, 3.63) is 34.3 Å². The van der Waals surface area contributed by atoms with Gasteiger partial charge in [-0.1, -0.05) is 28.1 Å². The first-order valence-electron chi connectivity index (χ1n) is 5.41. The topological polar surface area (TPSA) is 29.3 Å². The summed E-state index contributed by atoms with van der Waals surface area (Å²) in [6.07, 6.45) is -2.35. The third-order valence-electron chi connectivity index (χ3n) is 2.61. The van der Waals surface area contributed by atoms with Crippen LogP contribution in [0.15, 0.2) is 28.7 Å². The van der Waals surface area contributed by atoms with Crippen LogP contribution >= 0.6 is 15.9 Å². The molecule has 2 N–H and O–H groups in total. The van der Waals surface area contributed by atoms with Gasteiger partial charge < -0.3 is 5.73 Å². The van der Waals surface area contributed by atoms with E-state index in [1.807, 2.05) is 31.2 Å². The van der Waals surface area contributed by atoms with Crippen molar-refractivity contribution >= 4 is 15.9 Å². The zero-order valence-corrected chi connectivity index (χ0v) is 11.5. The predicted molar refractivity (Wildman–Crippen MR) is 69.2 cm³/mol. The molecule has 0 aliphatic rings. The van der Waals surface area contributed by atoms with Gasteiger partial charge in [0.25, 0.3) is 6.43 Å². The third-order valence-corrected chi connectivity index (χ3v) is 3.14. The van der Waals surface area contributed by atoms with E-state index in [1.54, 1.807) is 11.9 Å². The minimum atomic E-state index is -2.35. The minimum Gasteiger partial charge on any atom is -0.326 e. The van der Waals surface area contributed by atoms with E-state index >= 15 is 0 Å². The van der Waals surface area contributed by atoms with Crippen molar-refractivity contribution in [1.82, 2.24) is 4.90 Å². The van der Waals surface area contributed by atoms with Crippen LogP contribution in [0.25, 0.3) is 0 Å². The Morgan fingerprint density at radius 3 is 2.24 bits per heavy atom. The fourth-order valence-corrected chi connectivity index (χ4v) is 2.21. The summed E-state index contributed by atoms with van der Waals surface area (Å²) in [7, 11) is 1.67. The Morgan fingerprint density at radius 2 is 1.82 bits per heavy atom. The van der Waals surface area contributed by atoms with E-state index in [4.69, 9.17) is 5.73 Å². The molecule has 0 aromatic heterocycles. The van der Waals surface area contributed by atoms with E-state index in [1.165, 1.54) is 0 Å². The van der Waals surface area contributed by atoms with Crippen molar-refractivity contribution in [3.63, 3.8) is 0 Å². The lowest BCUT2D eigenvalue weighted by molar-refractivity contribution is 0.0754. The molecule has 2 atom stereocenters. The number of halogens is 3. The Bertz CT molecular complexity index is 341. The van der Waals surface area contributed by atoms with Crippen molar-refractivity contribution < 1.29 is 8.78 Å². The lowest BCUT2D eigenvalue weighted by atomic mass is 10.00. The number of likely N-dealkylation sites (N-methyl/N-ethyl adjacent to an activating group) is 1. The molecule has 0 aliphatic carbocycles. The van der Waals surface area contributed by atoms with Crippen LogP contribution in [0.2, 0.25) is 0 Å². The first-order chi connectivity index (χ1) is 7.91. The maximum atomic E-state index is 12.4. The molecule has 2 nitrogen and oxygen atoms in total. The quantitative estimate of drug-likeness (QED) is 0.906. The molecular weight excluding hydrogens is 290 g/mol. The summed E-state index contributed by atoms with van der Waals surface area (Å²) in [5, 5.41) is 0. The lowest BCUT2D eigenvalue weighted by Gasteiger charge is -2.31. The largest absolute Gasteiger partial charge is 0.326 e. The first-order valence-corrected chi connectivity index (χ1v) is 6.20. The van der Waals surface area contributed by atoms with Gasteiger partial charge in [0.15, 0.2) is 0 Å². The Hall–Kier alpha value is -0.520. The zero-order valence-electron chi connectivity index (χ0n) is 9.91. The molecule has 2 unspecified atom stereocenters. The van der Waals surface area contributed by atoms with E-state index < -0.39 is 6.43 Å². The van der Waals surface area contributed by atoms with Crippen LogP contribution < -0.4 is 5.73 Å². The Labute approximate surface area is 109 Å². The average molecular weight is 307 g/mol. The van der Waals surface area contributed by atoms with E-state index in [2.05, 4.69) is 15.9 Å². The highest BCUT2D eigenvalue weighted by Gasteiger charge is 2.23. The molecule has 0 amide bonds. The number of alkyl halides is 2. The third kappa shape index (κ3) is 4.33. The predicted octanol–water partition coefficient (Wildman–Crippen LogP) is 3.03. The average Bonchev–Trinajstić information content (AvgIpc) is 2.19. The molecular formula is C12H17BrF2N2. The van der Waals surface area contributed by atoms with E-state index in [-0.39, 0.29) is 18.6 Å². The number of hydrogen-bond donors (Lipinski definition) is 1. The van der Waals surface area contributed by atoms with Gasteiger partial charge >= 0.3 is 0 Å². The highest BCUT2D eigenvalue weighted by Crippen LogP contribution is 2.24. The fourth-order valence-electron chi connectivity index (χ4n) is 1.95. The number of nitrogens with two attached hydrogens (primary N) is 1. The van der Waals surface area contributed by atoms with Crippen LogP contribution in [0.1, 0.15) is 18.5 Å². The monoisotopic (exact) mass is 306 g/mol. The second-order valence-electron chi connectivity index (χ2n) is 4.19. The SMILES string of the molecule is CC(N)C(c1ccc(Br)cc1)N(C)CC(F)F. The van der Waals surface area contributed by atoms with Gasteiger partial charge in [0, 0.05) is 16.6 Å². The molecule has 0 fully saturated rings. The highest BCUT2D eigenvalue weighted by atomic mass is 79.9. The van der Waals surface area contributed by atoms with Crippen molar-refractivity contribution in [1.29, 1.82) is 0 Å². The molecule has 0 heterocycles. The second kappa shape index (κ2) is 6.42. The van der Waals surface area contributed by atoms with Gasteiger partial charge in [-0.3, -0.25) is 4.90 Å². The van der Waals surface area contributed by atoms with Crippen LogP contribution in [0.5, 0.6) is 0 Å². The normalized spacial score (nSPS) is 15.3. The summed E-state index contributed by atoms with van der Waals surface area (Å²) in [5.41, 5.74) is 6.84. The fraction of sp³-hybridized carbons (Fsp3) is 0.500. The molecule has 0 aliphatic heterocycles. The van der Waals surface area contributed by atoms with Crippen LogP contribution in [0.3, 0.4) is 0 Å². The molecule has 0 bridgehead atoms. The molecule has 1 aromatic rings. The molecule has 0 saturated carbocycles. The maximum Gasteiger partial charge on any atom is 0.251 e. The number of benzene rings is 1. The smallest absolute Gasteiger partial charge is 0.251 e. The van der Waals surface area contributed by atoms with Crippen molar-refractivity contribution in [2.24, 2.45) is 5.73 Å². The van der Waals surface area contributed by atoms with Gasteiger partial charge in [0.05, 0.1) is 6.54 Å². The molecule has 1 rings (SSSR count). The molecule has 96 valence electrons. The van der Waals surface area contributed by atoms with Crippen molar-refractivity contribution in [2.75, 3.05) is 13.6 Å². The molecule has 0 spiro atoms. The molecule has 17 heavy (non-hydrogen) atoms. The first kappa shape index (κ1) is 14.5. The summed E-state index contributed by atoms with van der Waals surface area (Å²) >= 11 is 3.34. The van der Waals surface area contributed by atoms with Gasteiger partial charge in [-0.05, 0) is 31.7 Å². The van der Waals surface area contributed by atoms with Gasteiger partial charge in [-0.15, -0.1) is 0 Å². The molecule has 5 heteroatoms. The second-order valence-corrected chi connectivity index (χ2v) is 5.10. The number of hydrogen-bond acceptors (Lipinski definition) is 2. The summed E-state index contributed by atoms with van der Waals surface area (Å²) in [6, 6.07) is 7.18. The summed E-state index contributed by atoms with van der Waals surface area (Å²) in [5.74, 6) is 0. The van der Waals surface area contributed by atoms with E-state index in [0.717, 1.165) is 10.0 Å². The van der Waals surface area contributed by atoms with Crippen LogP contribution in [0, 0.1) is 0 Å². The molecule has 0 radical (unpaired) electrons. The Kier molecular flexibility index (Phi) is 5.49. The molecule has 1 aromatic carbocycles. The molecule has 0 saturated heterocycles. The van der Waals surface area contributed by atoms with Crippen LogP contribution in [-0.2, 0) is 0 Å². The van der Waals surface area contributed by atoms with Gasteiger partial charge in [-0.25, -0.2) is 8.78 Å². The zero-order chi connectivity index (χ0) is 13.0. The standard InChI is InChI=1S/C12H17BrF2N2/c1-8(16)12(17(2)7-11(14)15)9-3-5-10(13)6-4-9/h3-6,8,11-12H,7,16H2,1-2H3. The van der Waals surface area contributed by atoms with Gasteiger partial charge in [-0.2, -0.15) is 0 Å². The van der Waals surface area contributed by atoms with E-state index in [9.17, 15) is 8.78 Å². The maximum absolute atomic E-state index is 12.4. The van der Waals surface area contributed by atoms with E-state index in [0.29, 0.717) is 0 Å².